The van der Waals surface area contributed by atoms with E-state index >= 15 is 0 Å². The van der Waals surface area contributed by atoms with Crippen LogP contribution in [0.2, 0.25) is 10.2 Å². The number of hydrogen-bond acceptors (Lipinski definition) is 4. The molecule has 25 heavy (non-hydrogen) atoms. The van der Waals surface area contributed by atoms with Gasteiger partial charge in [-0.25, -0.2) is 4.98 Å². The van der Waals surface area contributed by atoms with Crippen LogP contribution in [0.1, 0.15) is 17.9 Å². The van der Waals surface area contributed by atoms with Crippen LogP contribution in [-0.4, -0.2) is 28.1 Å². The molecule has 1 N–H and O–H groups in total. The Hall–Kier alpha value is -1.69. The molecule has 128 valence electrons. The van der Waals surface area contributed by atoms with Gasteiger partial charge in [0.25, 0.3) is 0 Å². The van der Waals surface area contributed by atoms with Crippen molar-refractivity contribution in [1.82, 2.24) is 9.97 Å². The Bertz CT molecular complexity index is 847. The van der Waals surface area contributed by atoms with E-state index in [1.165, 1.54) is 6.20 Å². The molecule has 0 unspecified atom stereocenters. The number of aromatic nitrogens is 2. The van der Waals surface area contributed by atoms with Crippen molar-refractivity contribution in [3.8, 4) is 0 Å². The molecule has 7 heteroatoms. The average Bonchev–Trinajstić information content (AvgIpc) is 3.23. The summed E-state index contributed by atoms with van der Waals surface area (Å²) in [6, 6.07) is 5.57. The first-order valence-electron chi connectivity index (χ1n) is 8.31. The number of rotatable bonds is 3. The molecule has 5 nitrogen and oxygen atoms in total. The molecule has 1 aliphatic carbocycles. The molecule has 2 aromatic heterocycles. The van der Waals surface area contributed by atoms with Crippen molar-refractivity contribution in [3.05, 3.63) is 52.5 Å². The number of carbonyl (C=O) groups is 1. The quantitative estimate of drug-likeness (QED) is 0.833. The van der Waals surface area contributed by atoms with E-state index < -0.39 is 0 Å². The van der Waals surface area contributed by atoms with Crippen LogP contribution in [0.5, 0.6) is 0 Å². The number of nitrogens with zero attached hydrogens (tertiary/aromatic N) is 2. The summed E-state index contributed by atoms with van der Waals surface area (Å²) in [7, 11) is 0. The Morgan fingerprint density at radius 1 is 1.20 bits per heavy atom. The maximum atomic E-state index is 13.0. The predicted molar refractivity (Wildman–Crippen MR) is 93.6 cm³/mol. The van der Waals surface area contributed by atoms with Crippen molar-refractivity contribution in [2.45, 2.75) is 24.5 Å². The van der Waals surface area contributed by atoms with Crippen molar-refractivity contribution in [1.29, 1.82) is 0 Å². The molecule has 1 amide bonds. The molecular weight excluding hydrogens is 361 g/mol. The van der Waals surface area contributed by atoms with Gasteiger partial charge in [0.05, 0.1) is 35.0 Å². The van der Waals surface area contributed by atoms with E-state index in [4.69, 9.17) is 27.9 Å². The van der Waals surface area contributed by atoms with E-state index in [0.717, 1.165) is 12.0 Å². The lowest BCUT2D eigenvalue weighted by Crippen LogP contribution is -2.37. The highest BCUT2D eigenvalue weighted by atomic mass is 35.5. The highest BCUT2D eigenvalue weighted by Crippen LogP contribution is 2.65. The molecule has 2 aromatic rings. The third-order valence-electron chi connectivity index (χ3n) is 5.60. The number of ether oxygens (including phenoxy) is 1. The SMILES string of the molecule is O=C(Nc1cnc(Cl)c(Cl)c1)[C@@H]1[C@@H]2O[C@@H]([C@H]3C[C@H]32)[C@@H]1c1ccncc1. The highest BCUT2D eigenvalue weighted by molar-refractivity contribution is 6.41. The van der Waals surface area contributed by atoms with Gasteiger partial charge in [-0.05, 0) is 42.0 Å². The summed E-state index contributed by atoms with van der Waals surface area (Å²) < 4.78 is 6.17. The number of hydrogen-bond donors (Lipinski definition) is 1. The number of pyridine rings is 2. The number of anilines is 1. The van der Waals surface area contributed by atoms with E-state index in [-0.39, 0.29) is 35.1 Å². The number of halogens is 2. The molecular formula is C18H15Cl2N3O2. The minimum Gasteiger partial charge on any atom is -0.373 e. The van der Waals surface area contributed by atoms with E-state index in [2.05, 4.69) is 15.3 Å². The summed E-state index contributed by atoms with van der Waals surface area (Å²) in [6.45, 7) is 0. The fourth-order valence-corrected chi connectivity index (χ4v) is 4.76. The summed E-state index contributed by atoms with van der Waals surface area (Å²) in [6.07, 6.45) is 6.33. The summed E-state index contributed by atoms with van der Waals surface area (Å²) in [5.74, 6) is 0.905. The van der Waals surface area contributed by atoms with E-state index in [9.17, 15) is 4.79 Å². The highest BCUT2D eigenvalue weighted by Gasteiger charge is 2.68. The standard InChI is InChI=1S/C18H15Cl2N3O2/c19-12-5-9(7-22-17(12)20)23-18(24)14-13(8-1-3-21-4-2-8)15-10-6-11(10)16(14)25-15/h1-5,7,10-11,13-16H,6H2,(H,23,24)/t10-,11+,13+,14-,15-,16+/m0/s1. The van der Waals surface area contributed by atoms with Crippen LogP contribution in [0.15, 0.2) is 36.8 Å². The Labute approximate surface area is 154 Å². The molecule has 0 spiro atoms. The van der Waals surface area contributed by atoms with Crippen molar-refractivity contribution >= 4 is 34.8 Å². The van der Waals surface area contributed by atoms with Crippen molar-refractivity contribution in [3.63, 3.8) is 0 Å². The topological polar surface area (TPSA) is 64.1 Å². The molecule has 2 saturated heterocycles. The Morgan fingerprint density at radius 2 is 1.96 bits per heavy atom. The van der Waals surface area contributed by atoms with Gasteiger partial charge in [-0.2, -0.15) is 0 Å². The minimum absolute atomic E-state index is 0.0103. The number of nitrogens with one attached hydrogen (secondary N) is 1. The summed E-state index contributed by atoms with van der Waals surface area (Å²) in [5, 5.41) is 3.47. The third-order valence-corrected chi connectivity index (χ3v) is 6.29. The number of amides is 1. The maximum absolute atomic E-state index is 13.0. The summed E-state index contributed by atoms with van der Waals surface area (Å²) in [4.78, 5) is 21.1. The maximum Gasteiger partial charge on any atom is 0.230 e. The van der Waals surface area contributed by atoms with Crippen LogP contribution < -0.4 is 5.32 Å². The second kappa shape index (κ2) is 5.66. The van der Waals surface area contributed by atoms with Gasteiger partial charge in [0, 0.05) is 18.3 Å². The van der Waals surface area contributed by atoms with Gasteiger partial charge in [-0.3, -0.25) is 9.78 Å². The molecule has 2 bridgehead atoms. The molecule has 3 fully saturated rings. The number of carbonyl (C=O) groups excluding carboxylic acids is 1. The minimum atomic E-state index is -0.217. The van der Waals surface area contributed by atoms with Gasteiger partial charge in [-0.15, -0.1) is 0 Å². The number of fused-ring (bicyclic) bond motifs is 5. The van der Waals surface area contributed by atoms with Gasteiger partial charge in [0.15, 0.2) is 0 Å². The molecule has 1 saturated carbocycles. The van der Waals surface area contributed by atoms with Gasteiger partial charge < -0.3 is 10.1 Å². The van der Waals surface area contributed by atoms with Gasteiger partial charge in [-0.1, -0.05) is 23.2 Å². The largest absolute Gasteiger partial charge is 0.373 e. The zero-order chi connectivity index (χ0) is 17.1. The van der Waals surface area contributed by atoms with Crippen LogP contribution >= 0.6 is 23.2 Å². The molecule has 0 aromatic carbocycles. The Kier molecular flexibility index (Phi) is 3.52. The third kappa shape index (κ3) is 2.45. The zero-order valence-corrected chi connectivity index (χ0v) is 14.6. The Morgan fingerprint density at radius 3 is 2.72 bits per heavy atom. The smallest absolute Gasteiger partial charge is 0.230 e. The second-order valence-electron chi connectivity index (χ2n) is 6.95. The van der Waals surface area contributed by atoms with Crippen LogP contribution in [0.3, 0.4) is 0 Å². The first-order chi connectivity index (χ1) is 12.1. The van der Waals surface area contributed by atoms with Crippen LogP contribution in [0, 0.1) is 17.8 Å². The molecule has 3 aliphatic rings. The van der Waals surface area contributed by atoms with Crippen molar-refractivity contribution < 1.29 is 9.53 Å². The molecule has 6 atom stereocenters. The van der Waals surface area contributed by atoms with Gasteiger partial charge >= 0.3 is 0 Å². The van der Waals surface area contributed by atoms with Crippen molar-refractivity contribution in [2.24, 2.45) is 17.8 Å². The molecule has 4 heterocycles. The first kappa shape index (κ1) is 15.6. The van der Waals surface area contributed by atoms with Crippen LogP contribution in [-0.2, 0) is 9.53 Å². The monoisotopic (exact) mass is 375 g/mol. The van der Waals surface area contributed by atoms with E-state index in [1.54, 1.807) is 18.5 Å². The fourth-order valence-electron chi connectivity index (χ4n) is 4.50. The fraction of sp³-hybridized carbons (Fsp3) is 0.389. The van der Waals surface area contributed by atoms with E-state index in [0.29, 0.717) is 22.5 Å². The van der Waals surface area contributed by atoms with Gasteiger partial charge in [0.1, 0.15) is 5.15 Å². The van der Waals surface area contributed by atoms with Gasteiger partial charge in [0.2, 0.25) is 5.91 Å². The summed E-state index contributed by atoms with van der Waals surface area (Å²) in [5.41, 5.74) is 1.66. The van der Waals surface area contributed by atoms with Crippen LogP contribution in [0.4, 0.5) is 5.69 Å². The lowest BCUT2D eigenvalue weighted by atomic mass is 9.75. The molecule has 5 rings (SSSR count). The second-order valence-corrected chi connectivity index (χ2v) is 7.71. The average molecular weight is 376 g/mol. The zero-order valence-electron chi connectivity index (χ0n) is 13.1. The predicted octanol–water partition coefficient (Wildman–Crippen LogP) is 3.54. The summed E-state index contributed by atoms with van der Waals surface area (Å²) >= 11 is 11.8. The lowest BCUT2D eigenvalue weighted by Gasteiger charge is -2.27. The first-order valence-corrected chi connectivity index (χ1v) is 9.06. The normalized spacial score (nSPS) is 34.6. The van der Waals surface area contributed by atoms with E-state index in [1.807, 2.05) is 12.1 Å². The Balaban J connectivity index is 1.44. The lowest BCUT2D eigenvalue weighted by molar-refractivity contribution is -0.122. The molecule has 0 radical (unpaired) electrons. The van der Waals surface area contributed by atoms with Crippen LogP contribution in [0.25, 0.3) is 0 Å². The molecule has 2 aliphatic heterocycles. The van der Waals surface area contributed by atoms with Crippen molar-refractivity contribution in [2.75, 3.05) is 5.32 Å².